The van der Waals surface area contributed by atoms with Crippen molar-refractivity contribution in [3.05, 3.63) is 54.4 Å². The van der Waals surface area contributed by atoms with Crippen molar-refractivity contribution in [1.82, 2.24) is 15.0 Å². The van der Waals surface area contributed by atoms with E-state index in [0.717, 1.165) is 18.4 Å². The molecule has 2 N–H and O–H groups in total. The lowest BCUT2D eigenvalue weighted by Crippen LogP contribution is -2.17. The molecule has 2 heterocycles. The van der Waals surface area contributed by atoms with Crippen molar-refractivity contribution in [1.29, 1.82) is 0 Å². The van der Waals surface area contributed by atoms with E-state index in [1.165, 1.54) is 18.2 Å². The molecule has 150 valence electrons. The number of benzene rings is 1. The van der Waals surface area contributed by atoms with Crippen LogP contribution in [0.4, 0.5) is 30.6 Å². The highest BCUT2D eigenvalue weighted by molar-refractivity contribution is 5.68. The van der Waals surface area contributed by atoms with Gasteiger partial charge in [0.15, 0.2) is 0 Å². The lowest BCUT2D eigenvalue weighted by atomic mass is 10.1. The lowest BCUT2D eigenvalue weighted by molar-refractivity contribution is -0.274. The van der Waals surface area contributed by atoms with Crippen LogP contribution >= 0.6 is 0 Å². The van der Waals surface area contributed by atoms with Gasteiger partial charge in [0.25, 0.3) is 0 Å². The van der Waals surface area contributed by atoms with Crippen LogP contribution in [-0.2, 0) is 0 Å². The fraction of sp³-hybridized carbons (Fsp3) is 0.250. The van der Waals surface area contributed by atoms with E-state index >= 15 is 0 Å². The number of rotatable bonds is 6. The first kappa shape index (κ1) is 19.0. The van der Waals surface area contributed by atoms with E-state index in [0.29, 0.717) is 34.8 Å². The lowest BCUT2D eigenvalue weighted by Gasteiger charge is -2.14. The maximum atomic E-state index is 12.4. The molecule has 2 aromatic heterocycles. The molecule has 9 heteroatoms. The van der Waals surface area contributed by atoms with E-state index in [4.69, 9.17) is 0 Å². The molecule has 0 bridgehead atoms. The van der Waals surface area contributed by atoms with Gasteiger partial charge in [-0.3, -0.25) is 4.98 Å². The molecule has 0 atom stereocenters. The quantitative estimate of drug-likeness (QED) is 0.601. The predicted octanol–water partition coefficient (Wildman–Crippen LogP) is 5.06. The number of aromatic nitrogens is 3. The van der Waals surface area contributed by atoms with E-state index in [9.17, 15) is 13.2 Å². The number of anilines is 3. The Labute approximate surface area is 165 Å². The van der Waals surface area contributed by atoms with Gasteiger partial charge in [0.2, 0.25) is 5.95 Å². The molecular formula is C20H18F3N5O. The summed E-state index contributed by atoms with van der Waals surface area (Å²) < 4.78 is 41.2. The number of halogens is 3. The van der Waals surface area contributed by atoms with Crippen LogP contribution < -0.4 is 15.4 Å². The zero-order chi connectivity index (χ0) is 20.4. The molecule has 0 spiro atoms. The van der Waals surface area contributed by atoms with E-state index in [1.807, 2.05) is 12.1 Å². The van der Waals surface area contributed by atoms with Crippen molar-refractivity contribution >= 4 is 17.5 Å². The molecule has 0 aliphatic heterocycles. The van der Waals surface area contributed by atoms with Crippen molar-refractivity contribution in [3.8, 4) is 17.0 Å². The number of hydrogen-bond acceptors (Lipinski definition) is 6. The molecule has 1 saturated carbocycles. The van der Waals surface area contributed by atoms with Crippen molar-refractivity contribution in [3.63, 3.8) is 0 Å². The SMILES string of the molecule is Cc1cc(OC(F)(F)F)ccc1Nc1cc(-c2ccncc2)nc(NC2CC2)n1. The van der Waals surface area contributed by atoms with E-state index < -0.39 is 6.36 Å². The minimum Gasteiger partial charge on any atom is -0.406 e. The Kier molecular flexibility index (Phi) is 4.96. The maximum absolute atomic E-state index is 12.4. The van der Waals surface area contributed by atoms with Gasteiger partial charge in [-0.15, -0.1) is 13.2 Å². The Bertz CT molecular complexity index is 1010. The average Bonchev–Trinajstić information content (AvgIpc) is 3.47. The van der Waals surface area contributed by atoms with Gasteiger partial charge in [0.1, 0.15) is 11.6 Å². The zero-order valence-corrected chi connectivity index (χ0v) is 15.5. The van der Waals surface area contributed by atoms with Gasteiger partial charge in [0.05, 0.1) is 5.69 Å². The molecule has 0 radical (unpaired) electrons. The standard InChI is InChI=1S/C20H18F3N5O/c1-12-10-15(29-20(21,22)23)4-5-16(12)26-18-11-17(13-6-8-24-9-7-13)27-19(28-18)25-14-2-3-14/h4-11,14H,2-3H2,1H3,(H2,25,26,27,28). The predicted molar refractivity (Wildman–Crippen MR) is 103 cm³/mol. The molecule has 6 nitrogen and oxygen atoms in total. The van der Waals surface area contributed by atoms with Crippen LogP contribution in [0.15, 0.2) is 48.8 Å². The highest BCUT2D eigenvalue weighted by Gasteiger charge is 2.31. The van der Waals surface area contributed by atoms with Crippen LogP contribution in [-0.4, -0.2) is 27.4 Å². The summed E-state index contributed by atoms with van der Waals surface area (Å²) in [6.07, 6.45) is 0.789. The van der Waals surface area contributed by atoms with Gasteiger partial charge in [0, 0.05) is 35.8 Å². The normalized spacial score (nSPS) is 13.8. The Morgan fingerprint density at radius 1 is 1.03 bits per heavy atom. The molecule has 1 aromatic carbocycles. The molecule has 0 unspecified atom stereocenters. The molecule has 1 fully saturated rings. The van der Waals surface area contributed by atoms with Crippen LogP contribution in [0, 0.1) is 6.92 Å². The third-order valence-electron chi connectivity index (χ3n) is 4.31. The van der Waals surface area contributed by atoms with E-state index in [2.05, 4.69) is 30.3 Å². The Morgan fingerprint density at radius 3 is 2.45 bits per heavy atom. The summed E-state index contributed by atoms with van der Waals surface area (Å²) in [5.74, 6) is 0.762. The van der Waals surface area contributed by atoms with Crippen molar-refractivity contribution in [2.45, 2.75) is 32.2 Å². The van der Waals surface area contributed by atoms with Crippen LogP contribution in [0.3, 0.4) is 0 Å². The second kappa shape index (κ2) is 7.57. The first-order valence-electron chi connectivity index (χ1n) is 9.05. The van der Waals surface area contributed by atoms with Crippen LogP contribution in [0.1, 0.15) is 18.4 Å². The minimum atomic E-state index is -4.73. The largest absolute Gasteiger partial charge is 0.573 e. The summed E-state index contributed by atoms with van der Waals surface area (Å²) in [6.45, 7) is 1.69. The summed E-state index contributed by atoms with van der Waals surface area (Å²) in [4.78, 5) is 13.1. The van der Waals surface area contributed by atoms with E-state index in [-0.39, 0.29) is 5.75 Å². The fourth-order valence-electron chi connectivity index (χ4n) is 2.77. The topological polar surface area (TPSA) is 72.0 Å². The first-order valence-corrected chi connectivity index (χ1v) is 9.05. The average molecular weight is 401 g/mol. The minimum absolute atomic E-state index is 0.267. The van der Waals surface area contributed by atoms with Crippen LogP contribution in [0.5, 0.6) is 5.75 Å². The van der Waals surface area contributed by atoms with Gasteiger partial charge in [-0.05, 0) is 55.7 Å². The third kappa shape index (κ3) is 5.13. The number of nitrogens with one attached hydrogen (secondary N) is 2. The fourth-order valence-corrected chi connectivity index (χ4v) is 2.77. The van der Waals surface area contributed by atoms with Crippen molar-refractivity contribution in [2.75, 3.05) is 10.6 Å². The van der Waals surface area contributed by atoms with Gasteiger partial charge in [-0.1, -0.05) is 0 Å². The smallest absolute Gasteiger partial charge is 0.406 e. The van der Waals surface area contributed by atoms with E-state index in [1.54, 1.807) is 25.4 Å². The molecule has 29 heavy (non-hydrogen) atoms. The Balaban J connectivity index is 1.62. The number of hydrogen-bond donors (Lipinski definition) is 2. The summed E-state index contributed by atoms with van der Waals surface area (Å²) in [5.41, 5.74) is 2.81. The van der Waals surface area contributed by atoms with Gasteiger partial charge < -0.3 is 15.4 Å². The number of pyridine rings is 1. The molecule has 0 saturated heterocycles. The van der Waals surface area contributed by atoms with Gasteiger partial charge in [-0.2, -0.15) is 4.98 Å². The Morgan fingerprint density at radius 2 is 1.79 bits per heavy atom. The van der Waals surface area contributed by atoms with Gasteiger partial charge >= 0.3 is 6.36 Å². The summed E-state index contributed by atoms with van der Waals surface area (Å²) >= 11 is 0. The zero-order valence-electron chi connectivity index (χ0n) is 15.5. The van der Waals surface area contributed by atoms with Crippen molar-refractivity contribution in [2.24, 2.45) is 0 Å². The summed E-state index contributed by atoms with van der Waals surface area (Å²) in [6, 6.07) is 9.96. The molecule has 0 amide bonds. The molecular weight excluding hydrogens is 383 g/mol. The molecule has 1 aliphatic rings. The number of ether oxygens (including phenoxy) is 1. The van der Waals surface area contributed by atoms with Crippen molar-refractivity contribution < 1.29 is 17.9 Å². The van der Waals surface area contributed by atoms with Gasteiger partial charge in [-0.25, -0.2) is 4.98 Å². The third-order valence-corrected chi connectivity index (χ3v) is 4.31. The summed E-state index contributed by atoms with van der Waals surface area (Å²) in [5, 5.41) is 6.44. The first-order chi connectivity index (χ1) is 13.9. The molecule has 1 aliphatic carbocycles. The summed E-state index contributed by atoms with van der Waals surface area (Å²) in [7, 11) is 0. The molecule has 4 rings (SSSR count). The second-order valence-corrected chi connectivity index (χ2v) is 6.77. The second-order valence-electron chi connectivity index (χ2n) is 6.77. The Hall–Kier alpha value is -3.36. The number of nitrogens with zero attached hydrogens (tertiary/aromatic N) is 3. The highest BCUT2D eigenvalue weighted by Crippen LogP contribution is 2.30. The highest BCUT2D eigenvalue weighted by atomic mass is 19.4. The number of alkyl halides is 3. The maximum Gasteiger partial charge on any atom is 0.573 e. The van der Waals surface area contributed by atoms with Crippen LogP contribution in [0.2, 0.25) is 0 Å². The molecule has 3 aromatic rings. The van der Waals surface area contributed by atoms with Crippen LogP contribution in [0.25, 0.3) is 11.3 Å². The monoisotopic (exact) mass is 401 g/mol. The number of aryl methyl sites for hydroxylation is 1.